The average Bonchev–Trinajstić information content (AvgIpc) is 2.35. The van der Waals surface area contributed by atoms with Crippen molar-refractivity contribution in [2.24, 2.45) is 0 Å². The highest BCUT2D eigenvalue weighted by molar-refractivity contribution is 7.89. The Morgan fingerprint density at radius 3 is 1.90 bits per heavy atom. The van der Waals surface area contributed by atoms with Gasteiger partial charge in [-0.3, -0.25) is 0 Å². The summed E-state index contributed by atoms with van der Waals surface area (Å²) in [4.78, 5) is 23.3. The molecule has 0 aromatic heterocycles. The summed E-state index contributed by atoms with van der Waals surface area (Å²) >= 11 is 0. The molecule has 0 radical (unpaired) electrons. The Bertz CT molecular complexity index is 415. The van der Waals surface area contributed by atoms with E-state index in [1.54, 1.807) is 27.7 Å². The molecule has 9 heteroatoms. The SMILES string of the molecule is CCOC(=O)C(NS(=O)(=O)CCOC(C)C)C(=O)OCC. The van der Waals surface area contributed by atoms with Gasteiger partial charge in [0.25, 0.3) is 0 Å². The Balaban J connectivity index is 4.78. The lowest BCUT2D eigenvalue weighted by atomic mass is 10.3. The summed E-state index contributed by atoms with van der Waals surface area (Å²) in [6.45, 7) is 6.61. The maximum atomic E-state index is 11.8. The maximum Gasteiger partial charge on any atom is 0.335 e. The molecule has 0 spiro atoms. The molecule has 0 unspecified atom stereocenters. The molecular weight excluding hydrogens is 302 g/mol. The molecule has 8 nitrogen and oxygen atoms in total. The van der Waals surface area contributed by atoms with E-state index in [1.165, 1.54) is 0 Å². The number of esters is 2. The zero-order chi connectivity index (χ0) is 16.5. The second kappa shape index (κ2) is 9.69. The van der Waals surface area contributed by atoms with Gasteiger partial charge in [0.05, 0.1) is 31.7 Å². The maximum absolute atomic E-state index is 11.8. The summed E-state index contributed by atoms with van der Waals surface area (Å²) in [7, 11) is -3.88. The molecule has 1 N–H and O–H groups in total. The number of hydrogen-bond donors (Lipinski definition) is 1. The van der Waals surface area contributed by atoms with Crippen LogP contribution in [0.1, 0.15) is 27.7 Å². The third-order valence-electron chi connectivity index (χ3n) is 2.15. The van der Waals surface area contributed by atoms with E-state index in [-0.39, 0.29) is 31.7 Å². The molecule has 21 heavy (non-hydrogen) atoms. The second-order valence-corrected chi connectivity index (χ2v) is 6.17. The zero-order valence-electron chi connectivity index (χ0n) is 12.7. The number of nitrogens with one attached hydrogen (secondary N) is 1. The van der Waals surface area contributed by atoms with Crippen molar-refractivity contribution in [1.29, 1.82) is 0 Å². The molecule has 0 aliphatic carbocycles. The second-order valence-electron chi connectivity index (χ2n) is 4.29. The lowest BCUT2D eigenvalue weighted by Crippen LogP contribution is -2.49. The van der Waals surface area contributed by atoms with E-state index < -0.39 is 28.0 Å². The molecule has 0 bridgehead atoms. The predicted molar refractivity (Wildman–Crippen MR) is 75.1 cm³/mol. The first-order chi connectivity index (χ1) is 9.73. The molecule has 0 heterocycles. The summed E-state index contributed by atoms with van der Waals surface area (Å²) in [6, 6.07) is -1.70. The summed E-state index contributed by atoms with van der Waals surface area (Å²) in [6.07, 6.45) is -0.119. The highest BCUT2D eigenvalue weighted by Crippen LogP contribution is 1.99. The van der Waals surface area contributed by atoms with Crippen LogP contribution in [0.25, 0.3) is 0 Å². The monoisotopic (exact) mass is 325 g/mol. The highest BCUT2D eigenvalue weighted by Gasteiger charge is 2.33. The van der Waals surface area contributed by atoms with E-state index in [0.717, 1.165) is 0 Å². The predicted octanol–water partition coefficient (Wildman–Crippen LogP) is -0.174. The smallest absolute Gasteiger partial charge is 0.335 e. The molecule has 0 saturated heterocycles. The van der Waals surface area contributed by atoms with Gasteiger partial charge in [-0.25, -0.2) is 18.0 Å². The van der Waals surface area contributed by atoms with E-state index in [4.69, 9.17) is 4.74 Å². The number of sulfonamides is 1. The summed E-state index contributed by atoms with van der Waals surface area (Å²) in [5.74, 6) is -2.37. The van der Waals surface area contributed by atoms with E-state index >= 15 is 0 Å². The van der Waals surface area contributed by atoms with Crippen molar-refractivity contribution in [1.82, 2.24) is 4.72 Å². The van der Waals surface area contributed by atoms with Crippen molar-refractivity contribution in [2.45, 2.75) is 39.8 Å². The molecule has 0 aliphatic heterocycles. The molecular formula is C12H23NO7S. The van der Waals surface area contributed by atoms with Gasteiger partial charge in [0, 0.05) is 0 Å². The number of carbonyl (C=O) groups is 2. The fourth-order valence-electron chi connectivity index (χ4n) is 1.28. The first-order valence-electron chi connectivity index (χ1n) is 6.68. The standard InChI is InChI=1S/C12H23NO7S/c1-5-18-11(14)10(12(15)19-6-2)13-21(16,17)8-7-20-9(3)4/h9-10,13H,5-8H2,1-4H3. The van der Waals surface area contributed by atoms with Crippen molar-refractivity contribution in [3.8, 4) is 0 Å². The Kier molecular flexibility index (Phi) is 9.14. The van der Waals surface area contributed by atoms with Crippen LogP contribution in [0.4, 0.5) is 0 Å². The van der Waals surface area contributed by atoms with Crippen LogP contribution in [0.15, 0.2) is 0 Å². The van der Waals surface area contributed by atoms with Crippen LogP contribution in [0.5, 0.6) is 0 Å². The minimum absolute atomic E-state index is 0.0208. The van der Waals surface area contributed by atoms with E-state index in [0.29, 0.717) is 0 Å². The van der Waals surface area contributed by atoms with Crippen molar-refractivity contribution in [2.75, 3.05) is 25.6 Å². The Morgan fingerprint density at radius 2 is 1.52 bits per heavy atom. The molecule has 0 atom stereocenters. The van der Waals surface area contributed by atoms with Gasteiger partial charge in [0.15, 0.2) is 0 Å². The highest BCUT2D eigenvalue weighted by atomic mass is 32.2. The molecule has 0 aliphatic rings. The summed E-state index contributed by atoms with van der Waals surface area (Å²) in [5, 5.41) is 0. The van der Waals surface area contributed by atoms with Crippen molar-refractivity contribution < 1.29 is 32.2 Å². The van der Waals surface area contributed by atoms with Gasteiger partial charge in [-0.05, 0) is 27.7 Å². The van der Waals surface area contributed by atoms with E-state index in [1.807, 2.05) is 4.72 Å². The quantitative estimate of drug-likeness (QED) is 0.438. The Hall–Kier alpha value is -1.19. The lowest BCUT2D eigenvalue weighted by molar-refractivity contribution is -0.157. The van der Waals surface area contributed by atoms with Gasteiger partial charge in [-0.1, -0.05) is 0 Å². The van der Waals surface area contributed by atoms with Gasteiger partial charge < -0.3 is 14.2 Å². The largest absolute Gasteiger partial charge is 0.464 e. The molecule has 124 valence electrons. The molecule has 0 rings (SSSR count). The van der Waals surface area contributed by atoms with Crippen LogP contribution in [-0.4, -0.2) is 58.1 Å². The third kappa shape index (κ3) is 8.64. The van der Waals surface area contributed by atoms with Gasteiger partial charge in [-0.2, -0.15) is 4.72 Å². The number of hydrogen-bond acceptors (Lipinski definition) is 7. The number of carbonyl (C=O) groups excluding carboxylic acids is 2. The fraction of sp³-hybridized carbons (Fsp3) is 0.833. The molecule has 0 aromatic carbocycles. The molecule has 0 fully saturated rings. The summed E-state index contributed by atoms with van der Waals surface area (Å²) < 4.78 is 40.1. The van der Waals surface area contributed by atoms with Crippen LogP contribution in [0, 0.1) is 0 Å². The minimum atomic E-state index is -3.88. The minimum Gasteiger partial charge on any atom is -0.464 e. The number of rotatable bonds is 10. The lowest BCUT2D eigenvalue weighted by Gasteiger charge is -2.16. The molecule has 0 aromatic rings. The third-order valence-corrected chi connectivity index (χ3v) is 3.44. The normalized spacial score (nSPS) is 11.7. The number of ether oxygens (including phenoxy) is 3. The van der Waals surface area contributed by atoms with Crippen molar-refractivity contribution >= 4 is 22.0 Å². The van der Waals surface area contributed by atoms with Gasteiger partial charge in [-0.15, -0.1) is 0 Å². The van der Waals surface area contributed by atoms with E-state index in [2.05, 4.69) is 9.47 Å². The van der Waals surface area contributed by atoms with Crippen molar-refractivity contribution in [3.63, 3.8) is 0 Å². The first kappa shape index (κ1) is 19.8. The van der Waals surface area contributed by atoms with Gasteiger partial charge >= 0.3 is 11.9 Å². The van der Waals surface area contributed by atoms with Crippen LogP contribution in [-0.2, 0) is 33.8 Å². The van der Waals surface area contributed by atoms with Gasteiger partial charge in [0.1, 0.15) is 0 Å². The Labute approximate surface area is 125 Å². The zero-order valence-corrected chi connectivity index (χ0v) is 13.6. The summed E-state index contributed by atoms with van der Waals surface area (Å²) in [5.41, 5.74) is 0. The van der Waals surface area contributed by atoms with Crippen molar-refractivity contribution in [3.05, 3.63) is 0 Å². The molecule has 0 amide bonds. The first-order valence-corrected chi connectivity index (χ1v) is 8.33. The van der Waals surface area contributed by atoms with Crippen LogP contribution in [0.2, 0.25) is 0 Å². The average molecular weight is 325 g/mol. The van der Waals surface area contributed by atoms with E-state index in [9.17, 15) is 18.0 Å². The van der Waals surface area contributed by atoms with Crippen LogP contribution in [0.3, 0.4) is 0 Å². The topological polar surface area (TPSA) is 108 Å². The fourth-order valence-corrected chi connectivity index (χ4v) is 2.26. The Morgan fingerprint density at radius 1 is 1.05 bits per heavy atom. The van der Waals surface area contributed by atoms with Crippen LogP contribution >= 0.6 is 0 Å². The van der Waals surface area contributed by atoms with Gasteiger partial charge in [0.2, 0.25) is 16.1 Å². The molecule has 0 saturated carbocycles. The van der Waals surface area contributed by atoms with Crippen LogP contribution < -0.4 is 4.72 Å².